The summed E-state index contributed by atoms with van der Waals surface area (Å²) < 4.78 is 1.82. The summed E-state index contributed by atoms with van der Waals surface area (Å²) in [5.74, 6) is 0.609. The van der Waals surface area contributed by atoms with Gasteiger partial charge in [0.15, 0.2) is 0 Å². The zero-order chi connectivity index (χ0) is 12.3. The molecular weight excluding hydrogens is 214 g/mol. The molecule has 5 nitrogen and oxygen atoms in total. The fraction of sp³-hybridized carbons (Fsp3) is 0.250. The Morgan fingerprint density at radius 3 is 3.00 bits per heavy atom. The van der Waals surface area contributed by atoms with Crippen LogP contribution >= 0.6 is 0 Å². The third kappa shape index (κ3) is 2.26. The van der Waals surface area contributed by atoms with E-state index in [1.807, 2.05) is 24.9 Å². The zero-order valence-corrected chi connectivity index (χ0v) is 9.81. The highest BCUT2D eigenvalue weighted by atomic mass is 15.3. The number of pyridine rings is 1. The Morgan fingerprint density at radius 1 is 1.53 bits per heavy atom. The summed E-state index contributed by atoms with van der Waals surface area (Å²) in [6.45, 7) is 2.62. The smallest absolute Gasteiger partial charge is 0.144 e. The van der Waals surface area contributed by atoms with Gasteiger partial charge in [-0.2, -0.15) is 10.4 Å². The number of nitrogens with zero attached hydrogens (tertiary/aromatic N) is 4. The van der Waals surface area contributed by atoms with Gasteiger partial charge in [-0.1, -0.05) is 0 Å². The monoisotopic (exact) mass is 227 g/mol. The molecule has 0 fully saturated rings. The molecule has 5 heteroatoms. The van der Waals surface area contributed by atoms with Crippen molar-refractivity contribution in [3.63, 3.8) is 0 Å². The summed E-state index contributed by atoms with van der Waals surface area (Å²) in [4.78, 5) is 4.14. The van der Waals surface area contributed by atoms with Crippen LogP contribution in [0.4, 0.5) is 5.82 Å². The second-order valence-electron chi connectivity index (χ2n) is 3.74. The summed E-state index contributed by atoms with van der Waals surface area (Å²) in [6, 6.07) is 5.60. The highest BCUT2D eigenvalue weighted by Gasteiger charge is 2.05. The number of aryl methyl sites for hydroxylation is 1. The second kappa shape index (κ2) is 4.66. The summed E-state index contributed by atoms with van der Waals surface area (Å²) in [6.07, 6.45) is 3.48. The Bertz CT molecular complexity index is 565. The molecule has 0 saturated heterocycles. The molecule has 0 spiro atoms. The van der Waals surface area contributed by atoms with E-state index in [2.05, 4.69) is 21.5 Å². The SMILES string of the molecule is Cc1c(CNc2ncccc2C#N)cnn1C. The molecular formula is C12H13N5. The molecule has 0 aromatic carbocycles. The molecule has 0 amide bonds. The minimum Gasteiger partial charge on any atom is -0.365 e. The molecule has 86 valence electrons. The minimum atomic E-state index is 0.550. The lowest BCUT2D eigenvalue weighted by Crippen LogP contribution is -2.04. The Kier molecular flexibility index (Phi) is 3.06. The quantitative estimate of drug-likeness (QED) is 0.865. The third-order valence-corrected chi connectivity index (χ3v) is 2.71. The van der Waals surface area contributed by atoms with Gasteiger partial charge in [0.2, 0.25) is 0 Å². The van der Waals surface area contributed by atoms with Crippen LogP contribution in [0, 0.1) is 18.3 Å². The highest BCUT2D eigenvalue weighted by molar-refractivity contribution is 5.51. The van der Waals surface area contributed by atoms with Gasteiger partial charge < -0.3 is 5.32 Å². The molecule has 0 unspecified atom stereocenters. The van der Waals surface area contributed by atoms with E-state index >= 15 is 0 Å². The van der Waals surface area contributed by atoms with E-state index in [1.165, 1.54) is 0 Å². The Morgan fingerprint density at radius 2 is 2.35 bits per heavy atom. The van der Waals surface area contributed by atoms with Crippen LogP contribution < -0.4 is 5.32 Å². The number of rotatable bonds is 3. The van der Waals surface area contributed by atoms with Gasteiger partial charge in [0.05, 0.1) is 11.8 Å². The van der Waals surface area contributed by atoms with Crippen LogP contribution in [-0.2, 0) is 13.6 Å². The minimum absolute atomic E-state index is 0.550. The van der Waals surface area contributed by atoms with Crippen LogP contribution in [0.25, 0.3) is 0 Å². The van der Waals surface area contributed by atoms with Crippen molar-refractivity contribution in [2.24, 2.45) is 7.05 Å². The number of nitriles is 1. The number of aromatic nitrogens is 3. The Hall–Kier alpha value is -2.35. The first-order valence-corrected chi connectivity index (χ1v) is 5.29. The first-order valence-electron chi connectivity index (χ1n) is 5.29. The van der Waals surface area contributed by atoms with Crippen molar-refractivity contribution in [2.45, 2.75) is 13.5 Å². The highest BCUT2D eigenvalue weighted by Crippen LogP contribution is 2.12. The largest absolute Gasteiger partial charge is 0.365 e. The van der Waals surface area contributed by atoms with E-state index in [0.717, 1.165) is 11.3 Å². The molecule has 0 saturated carbocycles. The molecule has 0 aliphatic rings. The molecule has 0 atom stereocenters. The van der Waals surface area contributed by atoms with Gasteiger partial charge in [0, 0.05) is 31.0 Å². The molecule has 2 rings (SSSR count). The van der Waals surface area contributed by atoms with Gasteiger partial charge in [-0.05, 0) is 19.1 Å². The molecule has 0 aliphatic heterocycles. The summed E-state index contributed by atoms with van der Waals surface area (Å²) >= 11 is 0. The van der Waals surface area contributed by atoms with Crippen LogP contribution in [0.3, 0.4) is 0 Å². The van der Waals surface area contributed by atoms with Gasteiger partial charge in [-0.15, -0.1) is 0 Å². The Balaban J connectivity index is 2.13. The van der Waals surface area contributed by atoms with Crippen LogP contribution in [0.15, 0.2) is 24.5 Å². The van der Waals surface area contributed by atoms with Crippen molar-refractivity contribution in [1.82, 2.24) is 14.8 Å². The molecule has 17 heavy (non-hydrogen) atoms. The number of nitrogens with one attached hydrogen (secondary N) is 1. The van der Waals surface area contributed by atoms with Crippen molar-refractivity contribution < 1.29 is 0 Å². The van der Waals surface area contributed by atoms with Crippen LogP contribution in [0.2, 0.25) is 0 Å². The van der Waals surface area contributed by atoms with Gasteiger partial charge in [0.1, 0.15) is 11.9 Å². The molecule has 0 radical (unpaired) electrons. The van der Waals surface area contributed by atoms with E-state index in [0.29, 0.717) is 17.9 Å². The predicted octanol–water partition coefficient (Wildman–Crippen LogP) is 1.61. The van der Waals surface area contributed by atoms with Crippen LogP contribution in [0.1, 0.15) is 16.8 Å². The van der Waals surface area contributed by atoms with E-state index in [1.54, 1.807) is 18.3 Å². The van der Waals surface area contributed by atoms with Crippen LogP contribution in [0.5, 0.6) is 0 Å². The molecule has 2 aromatic rings. The lowest BCUT2D eigenvalue weighted by Gasteiger charge is -2.06. The fourth-order valence-corrected chi connectivity index (χ4v) is 1.53. The van der Waals surface area contributed by atoms with Gasteiger partial charge in [0.25, 0.3) is 0 Å². The average molecular weight is 227 g/mol. The average Bonchev–Trinajstić information content (AvgIpc) is 2.68. The molecule has 2 heterocycles. The van der Waals surface area contributed by atoms with E-state index < -0.39 is 0 Å². The maximum atomic E-state index is 8.93. The van der Waals surface area contributed by atoms with Gasteiger partial charge in [-0.25, -0.2) is 4.98 Å². The van der Waals surface area contributed by atoms with Crippen LogP contribution in [-0.4, -0.2) is 14.8 Å². The maximum absolute atomic E-state index is 8.93. The lowest BCUT2D eigenvalue weighted by atomic mass is 10.2. The third-order valence-electron chi connectivity index (χ3n) is 2.71. The summed E-state index contributed by atoms with van der Waals surface area (Å²) in [5, 5.41) is 16.2. The fourth-order valence-electron chi connectivity index (χ4n) is 1.53. The normalized spacial score (nSPS) is 9.94. The van der Waals surface area contributed by atoms with Crippen molar-refractivity contribution in [3.05, 3.63) is 41.3 Å². The molecule has 1 N–H and O–H groups in total. The number of hydrogen-bond donors (Lipinski definition) is 1. The van der Waals surface area contributed by atoms with Gasteiger partial charge >= 0.3 is 0 Å². The predicted molar refractivity (Wildman–Crippen MR) is 64.2 cm³/mol. The van der Waals surface area contributed by atoms with E-state index in [9.17, 15) is 0 Å². The molecule has 0 bridgehead atoms. The zero-order valence-electron chi connectivity index (χ0n) is 9.81. The van der Waals surface area contributed by atoms with Crippen molar-refractivity contribution in [3.8, 4) is 6.07 Å². The molecule has 0 aliphatic carbocycles. The number of anilines is 1. The van der Waals surface area contributed by atoms with Crippen molar-refractivity contribution in [2.75, 3.05) is 5.32 Å². The topological polar surface area (TPSA) is 66.5 Å². The lowest BCUT2D eigenvalue weighted by molar-refractivity contribution is 0.738. The summed E-state index contributed by atoms with van der Waals surface area (Å²) in [5.41, 5.74) is 2.75. The second-order valence-corrected chi connectivity index (χ2v) is 3.74. The van der Waals surface area contributed by atoms with Gasteiger partial charge in [-0.3, -0.25) is 4.68 Å². The molecule has 2 aromatic heterocycles. The Labute approximate surface area is 99.7 Å². The number of hydrogen-bond acceptors (Lipinski definition) is 4. The summed E-state index contributed by atoms with van der Waals surface area (Å²) in [7, 11) is 1.90. The van der Waals surface area contributed by atoms with Crippen molar-refractivity contribution in [1.29, 1.82) is 5.26 Å². The first-order chi connectivity index (χ1) is 8.22. The first kappa shape index (κ1) is 11.1. The maximum Gasteiger partial charge on any atom is 0.144 e. The standard InChI is InChI=1S/C12H13N5/c1-9-11(8-16-17(9)2)7-15-12-10(6-13)4-3-5-14-12/h3-5,8H,7H2,1-2H3,(H,14,15). The van der Waals surface area contributed by atoms with Crippen molar-refractivity contribution >= 4 is 5.82 Å². The van der Waals surface area contributed by atoms with E-state index in [-0.39, 0.29) is 0 Å². The van der Waals surface area contributed by atoms with E-state index in [4.69, 9.17) is 5.26 Å².